The third kappa shape index (κ3) is 3.92. The minimum Gasteiger partial charge on any atom is -0.507 e. The van der Waals surface area contributed by atoms with E-state index in [9.17, 15) is 9.90 Å². The number of phenols is 1. The van der Waals surface area contributed by atoms with Crippen molar-refractivity contribution < 1.29 is 9.90 Å². The molecule has 0 fully saturated rings. The second-order valence-electron chi connectivity index (χ2n) is 4.67. The van der Waals surface area contributed by atoms with E-state index < -0.39 is 0 Å². The van der Waals surface area contributed by atoms with Gasteiger partial charge in [0.15, 0.2) is 0 Å². The van der Waals surface area contributed by atoms with Gasteiger partial charge in [-0.1, -0.05) is 33.6 Å². The fourth-order valence-electron chi connectivity index (χ4n) is 1.76. The van der Waals surface area contributed by atoms with Crippen molar-refractivity contribution in [2.24, 2.45) is 5.10 Å². The topological polar surface area (TPSA) is 61.7 Å². The van der Waals surface area contributed by atoms with Gasteiger partial charge in [0.05, 0.1) is 5.71 Å². The first-order chi connectivity index (χ1) is 9.97. The number of carbonyl (C=O) groups is 1. The summed E-state index contributed by atoms with van der Waals surface area (Å²) in [5.74, 6) is -0.173. The van der Waals surface area contributed by atoms with E-state index in [1.165, 1.54) is 0 Å². The van der Waals surface area contributed by atoms with E-state index in [0.717, 1.165) is 10.0 Å². The number of rotatable bonds is 3. The summed E-state index contributed by atoms with van der Waals surface area (Å²) in [5.41, 5.74) is 5.20. The summed E-state index contributed by atoms with van der Waals surface area (Å²) >= 11 is 3.33. The maximum Gasteiger partial charge on any atom is 0.271 e. The molecule has 0 aliphatic heterocycles. The van der Waals surface area contributed by atoms with Gasteiger partial charge in [0, 0.05) is 15.6 Å². The summed E-state index contributed by atoms with van der Waals surface area (Å²) in [6, 6.07) is 12.3. The van der Waals surface area contributed by atoms with Crippen LogP contribution in [0.1, 0.15) is 28.4 Å². The number of carbonyl (C=O) groups excluding carboxylic acids is 1. The minimum atomic E-state index is -0.288. The van der Waals surface area contributed by atoms with Crippen molar-refractivity contribution in [2.45, 2.75) is 13.8 Å². The van der Waals surface area contributed by atoms with Gasteiger partial charge in [0.25, 0.3) is 5.91 Å². The number of nitrogens with zero attached hydrogens (tertiary/aromatic N) is 1. The van der Waals surface area contributed by atoms with Crippen LogP contribution in [0.5, 0.6) is 5.75 Å². The Morgan fingerprint density at radius 3 is 2.52 bits per heavy atom. The molecule has 5 heteroatoms. The lowest BCUT2D eigenvalue weighted by Gasteiger charge is -2.06. The van der Waals surface area contributed by atoms with E-state index >= 15 is 0 Å². The Kier molecular flexibility index (Phi) is 4.75. The van der Waals surface area contributed by atoms with E-state index in [2.05, 4.69) is 26.5 Å². The normalized spacial score (nSPS) is 11.3. The minimum absolute atomic E-state index is 0.115. The average Bonchev–Trinajstić information content (AvgIpc) is 2.47. The lowest BCUT2D eigenvalue weighted by Crippen LogP contribution is -2.19. The molecule has 0 aliphatic rings. The number of aromatic hydroxyl groups is 1. The maximum absolute atomic E-state index is 12.0. The molecule has 0 spiro atoms. The van der Waals surface area contributed by atoms with Crippen molar-refractivity contribution >= 4 is 27.5 Å². The highest BCUT2D eigenvalue weighted by Gasteiger charge is 2.07. The Morgan fingerprint density at radius 1 is 1.19 bits per heavy atom. The zero-order valence-corrected chi connectivity index (χ0v) is 13.3. The molecule has 4 nitrogen and oxygen atoms in total. The van der Waals surface area contributed by atoms with Crippen LogP contribution in [-0.4, -0.2) is 16.7 Å². The summed E-state index contributed by atoms with van der Waals surface area (Å²) in [7, 11) is 0. The Labute approximate surface area is 131 Å². The number of hydrogen-bond donors (Lipinski definition) is 2. The molecule has 0 saturated heterocycles. The van der Waals surface area contributed by atoms with Gasteiger partial charge in [-0.05, 0) is 44.2 Å². The van der Waals surface area contributed by atoms with Crippen molar-refractivity contribution in [3.8, 4) is 5.75 Å². The largest absolute Gasteiger partial charge is 0.507 e. The van der Waals surface area contributed by atoms with E-state index in [1.807, 2.05) is 19.1 Å². The highest BCUT2D eigenvalue weighted by Crippen LogP contribution is 2.22. The lowest BCUT2D eigenvalue weighted by molar-refractivity contribution is 0.0955. The molecule has 0 aliphatic carbocycles. The molecule has 0 bridgehead atoms. The van der Waals surface area contributed by atoms with Crippen LogP contribution >= 0.6 is 15.9 Å². The molecule has 0 radical (unpaired) electrons. The van der Waals surface area contributed by atoms with Crippen molar-refractivity contribution in [2.75, 3.05) is 0 Å². The molecule has 1 amide bonds. The number of aryl methyl sites for hydroxylation is 1. The number of hydrogen-bond acceptors (Lipinski definition) is 3. The van der Waals surface area contributed by atoms with Gasteiger partial charge in [0.2, 0.25) is 0 Å². The molecule has 2 N–H and O–H groups in total. The molecule has 21 heavy (non-hydrogen) atoms. The zero-order chi connectivity index (χ0) is 15.4. The molecule has 0 unspecified atom stereocenters. The quantitative estimate of drug-likeness (QED) is 0.658. The number of nitrogens with one attached hydrogen (secondary N) is 1. The predicted octanol–water partition coefficient (Wildman–Crippen LogP) is 3.62. The van der Waals surface area contributed by atoms with Crippen molar-refractivity contribution in [3.05, 3.63) is 63.6 Å². The molecule has 0 saturated carbocycles. The Morgan fingerprint density at radius 2 is 1.86 bits per heavy atom. The Hall–Kier alpha value is -2.14. The molecular weight excluding hydrogens is 332 g/mol. The molecule has 2 aromatic carbocycles. The first-order valence-corrected chi connectivity index (χ1v) is 7.17. The summed E-state index contributed by atoms with van der Waals surface area (Å²) in [6.07, 6.45) is 0. The molecule has 0 heterocycles. The van der Waals surface area contributed by atoms with Gasteiger partial charge in [-0.25, -0.2) is 5.43 Å². The van der Waals surface area contributed by atoms with Gasteiger partial charge >= 0.3 is 0 Å². The smallest absolute Gasteiger partial charge is 0.271 e. The summed E-state index contributed by atoms with van der Waals surface area (Å²) in [4.78, 5) is 12.0. The number of amides is 1. The zero-order valence-electron chi connectivity index (χ0n) is 11.7. The summed E-state index contributed by atoms with van der Waals surface area (Å²) in [6.45, 7) is 3.68. The monoisotopic (exact) mass is 346 g/mol. The van der Waals surface area contributed by atoms with Gasteiger partial charge in [-0.2, -0.15) is 5.10 Å². The third-order valence-corrected chi connectivity index (χ3v) is 3.48. The Balaban J connectivity index is 2.14. The second-order valence-corrected chi connectivity index (χ2v) is 5.58. The van der Waals surface area contributed by atoms with Crippen LogP contribution in [0.4, 0.5) is 0 Å². The second kappa shape index (κ2) is 6.54. The molecule has 2 aromatic rings. The van der Waals surface area contributed by atoms with E-state index in [1.54, 1.807) is 37.3 Å². The van der Waals surface area contributed by atoms with E-state index in [4.69, 9.17) is 0 Å². The number of benzene rings is 2. The van der Waals surface area contributed by atoms with Gasteiger partial charge < -0.3 is 5.11 Å². The summed E-state index contributed by atoms with van der Waals surface area (Å²) in [5, 5.41) is 13.8. The molecular formula is C16H15BrN2O2. The van der Waals surface area contributed by atoms with Gasteiger partial charge in [-0.3, -0.25) is 4.79 Å². The van der Waals surface area contributed by atoms with Crippen molar-refractivity contribution in [1.29, 1.82) is 0 Å². The molecule has 0 aromatic heterocycles. The fraction of sp³-hybridized carbons (Fsp3) is 0.125. The van der Waals surface area contributed by atoms with Crippen molar-refractivity contribution in [1.82, 2.24) is 5.43 Å². The first-order valence-electron chi connectivity index (χ1n) is 6.37. The van der Waals surface area contributed by atoms with Crippen molar-refractivity contribution in [3.63, 3.8) is 0 Å². The molecule has 0 atom stereocenters. The maximum atomic E-state index is 12.0. The summed E-state index contributed by atoms with van der Waals surface area (Å²) < 4.78 is 0.828. The lowest BCUT2D eigenvalue weighted by atomic mass is 10.1. The van der Waals surface area contributed by atoms with Crippen LogP contribution in [-0.2, 0) is 0 Å². The SMILES string of the molecule is C/C(=N\NC(=O)c1ccc(C)cc1)c1cc(Br)ccc1O. The molecule has 108 valence electrons. The standard InChI is InChI=1S/C16H15BrN2O2/c1-10-3-5-12(6-4-10)16(21)19-18-11(2)14-9-13(17)7-8-15(14)20/h3-9,20H,1-2H3,(H,19,21)/b18-11+. The van der Waals surface area contributed by atoms with E-state index in [0.29, 0.717) is 16.8 Å². The van der Waals surface area contributed by atoms with Gasteiger partial charge in [-0.15, -0.1) is 0 Å². The average molecular weight is 347 g/mol. The number of halogens is 1. The number of phenolic OH excluding ortho intramolecular Hbond substituents is 1. The fourth-order valence-corrected chi connectivity index (χ4v) is 2.12. The van der Waals surface area contributed by atoms with Crippen LogP contribution in [0.15, 0.2) is 52.0 Å². The number of hydrazone groups is 1. The van der Waals surface area contributed by atoms with Gasteiger partial charge in [0.1, 0.15) is 5.75 Å². The van der Waals surface area contributed by atoms with Crippen LogP contribution in [0, 0.1) is 6.92 Å². The van der Waals surface area contributed by atoms with Crippen LogP contribution in [0.3, 0.4) is 0 Å². The Bertz CT molecular complexity index is 694. The highest BCUT2D eigenvalue weighted by atomic mass is 79.9. The van der Waals surface area contributed by atoms with E-state index in [-0.39, 0.29) is 11.7 Å². The first kappa shape index (κ1) is 15.3. The molecule has 2 rings (SSSR count). The highest BCUT2D eigenvalue weighted by molar-refractivity contribution is 9.10. The third-order valence-electron chi connectivity index (χ3n) is 2.99. The van der Waals surface area contributed by atoms with Crippen LogP contribution in [0.2, 0.25) is 0 Å². The van der Waals surface area contributed by atoms with Crippen LogP contribution < -0.4 is 5.43 Å². The predicted molar refractivity (Wildman–Crippen MR) is 86.7 cm³/mol. The van der Waals surface area contributed by atoms with Crippen LogP contribution in [0.25, 0.3) is 0 Å².